The first-order valence-electron chi connectivity index (χ1n) is 5.91. The summed E-state index contributed by atoms with van der Waals surface area (Å²) in [5.74, 6) is 1.23. The minimum absolute atomic E-state index is 0.128. The predicted octanol–water partition coefficient (Wildman–Crippen LogP) is 3.08. The smallest absolute Gasteiger partial charge is 0.199 e. The Bertz CT molecular complexity index is 370. The predicted molar refractivity (Wildman–Crippen MR) is 66.0 cm³/mol. The summed E-state index contributed by atoms with van der Waals surface area (Å²) < 4.78 is 16.0. The molecule has 1 aromatic rings. The fourth-order valence-electron chi connectivity index (χ4n) is 1.96. The van der Waals surface area contributed by atoms with E-state index >= 15 is 0 Å². The van der Waals surface area contributed by atoms with E-state index in [0.717, 1.165) is 12.2 Å². The lowest BCUT2D eigenvalue weighted by molar-refractivity contribution is -0.114. The van der Waals surface area contributed by atoms with Gasteiger partial charge in [-0.1, -0.05) is 12.1 Å². The van der Waals surface area contributed by atoms with Crippen LogP contribution in [0.25, 0.3) is 0 Å². The van der Waals surface area contributed by atoms with Crippen molar-refractivity contribution < 1.29 is 14.2 Å². The van der Waals surface area contributed by atoms with Crippen molar-refractivity contribution in [1.82, 2.24) is 0 Å². The minimum atomic E-state index is -0.128. The number of allylic oxidation sites excluding steroid dienone is 1. The molecule has 0 amide bonds. The Hall–Kier alpha value is -1.48. The van der Waals surface area contributed by atoms with Crippen molar-refractivity contribution in [3.63, 3.8) is 0 Å². The topological polar surface area (TPSA) is 27.7 Å². The molecule has 2 rings (SSSR count). The van der Waals surface area contributed by atoms with Gasteiger partial charge in [0.25, 0.3) is 0 Å². The maximum atomic E-state index is 5.48. The Morgan fingerprint density at radius 1 is 1.29 bits per heavy atom. The van der Waals surface area contributed by atoms with Gasteiger partial charge in [-0.2, -0.15) is 0 Å². The van der Waals surface area contributed by atoms with Crippen LogP contribution in [0.5, 0.6) is 5.75 Å². The summed E-state index contributed by atoms with van der Waals surface area (Å²) in [6.07, 6.45) is 4.53. The quantitative estimate of drug-likeness (QED) is 0.801. The highest BCUT2D eigenvalue weighted by Crippen LogP contribution is 2.29. The van der Waals surface area contributed by atoms with Crippen molar-refractivity contribution in [2.75, 3.05) is 13.7 Å². The Balaban J connectivity index is 2.05. The number of benzene rings is 1. The molecule has 0 aromatic heterocycles. The van der Waals surface area contributed by atoms with Crippen LogP contribution >= 0.6 is 0 Å². The monoisotopic (exact) mass is 234 g/mol. The van der Waals surface area contributed by atoms with Crippen LogP contribution < -0.4 is 4.74 Å². The average Bonchev–Trinajstić information content (AvgIpc) is 2.40. The maximum absolute atomic E-state index is 5.48. The van der Waals surface area contributed by atoms with Gasteiger partial charge >= 0.3 is 0 Å². The zero-order chi connectivity index (χ0) is 12.1. The highest BCUT2D eigenvalue weighted by atomic mass is 16.7. The summed E-state index contributed by atoms with van der Waals surface area (Å²) in [5, 5.41) is 0. The summed E-state index contributed by atoms with van der Waals surface area (Å²) >= 11 is 0. The minimum Gasteiger partial charge on any atom is -0.497 e. The highest BCUT2D eigenvalue weighted by Gasteiger charge is 2.20. The van der Waals surface area contributed by atoms with E-state index in [2.05, 4.69) is 18.2 Å². The highest BCUT2D eigenvalue weighted by molar-refractivity contribution is 5.31. The van der Waals surface area contributed by atoms with Crippen molar-refractivity contribution in [2.24, 2.45) is 0 Å². The molecule has 0 saturated heterocycles. The molecule has 3 nitrogen and oxygen atoms in total. The molecule has 17 heavy (non-hydrogen) atoms. The molecule has 1 aliphatic rings. The molecule has 0 saturated carbocycles. The second kappa shape index (κ2) is 5.73. The molecule has 2 atom stereocenters. The van der Waals surface area contributed by atoms with E-state index < -0.39 is 0 Å². The van der Waals surface area contributed by atoms with E-state index in [-0.39, 0.29) is 6.29 Å². The van der Waals surface area contributed by atoms with Crippen LogP contribution in [0.15, 0.2) is 36.6 Å². The lowest BCUT2D eigenvalue weighted by atomic mass is 9.94. The lowest BCUT2D eigenvalue weighted by Gasteiger charge is -2.25. The fraction of sp³-hybridized carbons (Fsp3) is 0.429. The molecular weight excluding hydrogens is 216 g/mol. The Kier molecular flexibility index (Phi) is 4.04. The number of methoxy groups -OCH3 is 1. The van der Waals surface area contributed by atoms with E-state index in [1.807, 2.05) is 19.1 Å². The Morgan fingerprint density at radius 2 is 2.06 bits per heavy atom. The SMILES string of the molecule is CCO[C@H]1C[C@@H](c2ccc(OC)cc2)C=CO1. The van der Waals surface area contributed by atoms with Gasteiger partial charge in [-0.15, -0.1) is 0 Å². The van der Waals surface area contributed by atoms with E-state index in [1.54, 1.807) is 13.4 Å². The summed E-state index contributed by atoms with van der Waals surface area (Å²) in [7, 11) is 1.68. The third kappa shape index (κ3) is 3.01. The van der Waals surface area contributed by atoms with Gasteiger partial charge in [-0.05, 0) is 30.7 Å². The first kappa shape index (κ1) is 12.0. The van der Waals surface area contributed by atoms with Crippen LogP contribution in [0.1, 0.15) is 24.8 Å². The zero-order valence-corrected chi connectivity index (χ0v) is 10.3. The number of hydrogen-bond acceptors (Lipinski definition) is 3. The van der Waals surface area contributed by atoms with Gasteiger partial charge < -0.3 is 14.2 Å². The molecule has 92 valence electrons. The molecule has 1 aromatic carbocycles. The summed E-state index contributed by atoms with van der Waals surface area (Å²) in [6, 6.07) is 8.13. The van der Waals surface area contributed by atoms with Crippen molar-refractivity contribution in [3.05, 3.63) is 42.2 Å². The van der Waals surface area contributed by atoms with Crippen molar-refractivity contribution >= 4 is 0 Å². The summed E-state index contributed by atoms with van der Waals surface area (Å²) in [4.78, 5) is 0. The number of ether oxygens (including phenoxy) is 3. The summed E-state index contributed by atoms with van der Waals surface area (Å²) in [6.45, 7) is 2.65. The lowest BCUT2D eigenvalue weighted by Crippen LogP contribution is -2.21. The average molecular weight is 234 g/mol. The van der Waals surface area contributed by atoms with E-state index in [4.69, 9.17) is 14.2 Å². The van der Waals surface area contributed by atoms with Gasteiger partial charge in [0.15, 0.2) is 6.29 Å². The fourth-order valence-corrected chi connectivity index (χ4v) is 1.96. The van der Waals surface area contributed by atoms with Crippen LogP contribution in [0.3, 0.4) is 0 Å². The van der Waals surface area contributed by atoms with Crippen LogP contribution in [-0.4, -0.2) is 20.0 Å². The van der Waals surface area contributed by atoms with Gasteiger partial charge in [0.2, 0.25) is 0 Å². The molecule has 0 spiro atoms. The van der Waals surface area contributed by atoms with Crippen LogP contribution in [0.4, 0.5) is 0 Å². The second-order valence-corrected chi connectivity index (χ2v) is 3.96. The third-order valence-corrected chi connectivity index (χ3v) is 2.88. The second-order valence-electron chi connectivity index (χ2n) is 3.96. The molecule has 0 bridgehead atoms. The van der Waals surface area contributed by atoms with Crippen molar-refractivity contribution in [3.8, 4) is 5.75 Å². The first-order valence-corrected chi connectivity index (χ1v) is 5.91. The van der Waals surface area contributed by atoms with E-state index in [1.165, 1.54) is 5.56 Å². The standard InChI is InChI=1S/C14H18O3/c1-3-16-14-10-12(8-9-17-14)11-4-6-13(15-2)7-5-11/h4-9,12,14H,3,10H2,1-2H3/t12-,14+/m0/s1. The molecule has 1 aliphatic heterocycles. The van der Waals surface area contributed by atoms with Crippen LogP contribution in [0, 0.1) is 0 Å². The molecule has 0 unspecified atom stereocenters. The van der Waals surface area contributed by atoms with Gasteiger partial charge in [0.1, 0.15) is 5.75 Å². The largest absolute Gasteiger partial charge is 0.497 e. The zero-order valence-electron chi connectivity index (χ0n) is 10.3. The molecule has 0 fully saturated rings. The molecular formula is C14H18O3. The van der Waals surface area contributed by atoms with Gasteiger partial charge in [0, 0.05) is 18.9 Å². The Morgan fingerprint density at radius 3 is 2.71 bits per heavy atom. The van der Waals surface area contributed by atoms with Gasteiger partial charge in [-0.25, -0.2) is 0 Å². The molecule has 3 heteroatoms. The Labute approximate surface area is 102 Å². The normalized spacial score (nSPS) is 23.2. The number of hydrogen-bond donors (Lipinski definition) is 0. The molecule has 0 radical (unpaired) electrons. The van der Waals surface area contributed by atoms with Crippen molar-refractivity contribution in [1.29, 1.82) is 0 Å². The van der Waals surface area contributed by atoms with Gasteiger partial charge in [-0.3, -0.25) is 0 Å². The maximum Gasteiger partial charge on any atom is 0.199 e. The number of rotatable bonds is 4. The van der Waals surface area contributed by atoms with Crippen molar-refractivity contribution in [2.45, 2.75) is 25.6 Å². The van der Waals surface area contributed by atoms with E-state index in [0.29, 0.717) is 12.5 Å². The molecule has 0 aliphatic carbocycles. The third-order valence-electron chi connectivity index (χ3n) is 2.88. The van der Waals surface area contributed by atoms with Gasteiger partial charge in [0.05, 0.1) is 13.4 Å². The van der Waals surface area contributed by atoms with Crippen LogP contribution in [-0.2, 0) is 9.47 Å². The van der Waals surface area contributed by atoms with E-state index in [9.17, 15) is 0 Å². The molecule has 1 heterocycles. The first-order chi connectivity index (χ1) is 8.33. The van der Waals surface area contributed by atoms with Crippen LogP contribution in [0.2, 0.25) is 0 Å². The molecule has 0 N–H and O–H groups in total. The summed E-state index contributed by atoms with van der Waals surface area (Å²) in [5.41, 5.74) is 1.26.